The summed E-state index contributed by atoms with van der Waals surface area (Å²) in [5.74, 6) is 0.442. The lowest BCUT2D eigenvalue weighted by Gasteiger charge is -2.38. The minimum absolute atomic E-state index is 0.205. The summed E-state index contributed by atoms with van der Waals surface area (Å²) in [6.45, 7) is 12.0. The number of hydrogen-bond acceptors (Lipinski definition) is 7. The molecule has 0 saturated carbocycles. The number of nitrogens with one attached hydrogen (secondary N) is 2. The number of anilines is 1. The van der Waals surface area contributed by atoms with E-state index in [0.29, 0.717) is 49.8 Å². The van der Waals surface area contributed by atoms with Crippen molar-refractivity contribution in [2.75, 3.05) is 25.0 Å². The number of rotatable bonds is 8. The molecule has 1 fully saturated rings. The van der Waals surface area contributed by atoms with Crippen molar-refractivity contribution in [1.82, 2.24) is 20.2 Å². The highest BCUT2D eigenvalue weighted by Gasteiger charge is 2.34. The molecule has 9 nitrogen and oxygen atoms in total. The van der Waals surface area contributed by atoms with Crippen molar-refractivity contribution >= 4 is 17.7 Å². The number of aliphatic carboxylic acids is 1. The zero-order chi connectivity index (χ0) is 24.2. The lowest BCUT2D eigenvalue weighted by atomic mass is 9.93. The molecule has 0 radical (unpaired) electrons. The van der Waals surface area contributed by atoms with E-state index in [-0.39, 0.29) is 23.3 Å². The van der Waals surface area contributed by atoms with E-state index in [1.165, 1.54) is 0 Å². The van der Waals surface area contributed by atoms with Gasteiger partial charge in [0.1, 0.15) is 23.0 Å². The smallest absolute Gasteiger partial charge is 0.307 e. The van der Waals surface area contributed by atoms with Crippen molar-refractivity contribution < 1.29 is 19.1 Å². The van der Waals surface area contributed by atoms with Gasteiger partial charge in [-0.2, -0.15) is 0 Å². The van der Waals surface area contributed by atoms with Crippen molar-refractivity contribution in [3.05, 3.63) is 41.7 Å². The van der Waals surface area contributed by atoms with Crippen LogP contribution in [0.5, 0.6) is 0 Å². The first-order chi connectivity index (χ1) is 15.6. The van der Waals surface area contributed by atoms with Crippen LogP contribution >= 0.6 is 0 Å². The Labute approximate surface area is 195 Å². The van der Waals surface area contributed by atoms with Crippen molar-refractivity contribution in [3.63, 3.8) is 0 Å². The third kappa shape index (κ3) is 6.31. The highest BCUT2D eigenvalue weighted by molar-refractivity contribution is 5.98. The minimum Gasteiger partial charge on any atom is -0.481 e. The molecule has 2 aromatic rings. The van der Waals surface area contributed by atoms with Crippen molar-refractivity contribution in [2.45, 2.75) is 59.0 Å². The van der Waals surface area contributed by atoms with Crippen LogP contribution in [0, 0.1) is 11.8 Å². The summed E-state index contributed by atoms with van der Waals surface area (Å²) in [5, 5.41) is 15.9. The number of piperidine rings is 1. The van der Waals surface area contributed by atoms with Gasteiger partial charge in [0.2, 0.25) is 0 Å². The van der Waals surface area contributed by atoms with Crippen molar-refractivity contribution in [1.29, 1.82) is 0 Å². The third-order valence-corrected chi connectivity index (χ3v) is 5.64. The van der Waals surface area contributed by atoms with Gasteiger partial charge in [0.25, 0.3) is 5.91 Å². The maximum Gasteiger partial charge on any atom is 0.307 e. The molecule has 9 heteroatoms. The molecule has 1 aliphatic heterocycles. The maximum atomic E-state index is 13.8. The Hall–Kier alpha value is -2.94. The Morgan fingerprint density at radius 1 is 1.33 bits per heavy atom. The zero-order valence-corrected chi connectivity index (χ0v) is 20.1. The first-order valence-corrected chi connectivity index (χ1v) is 11.4. The monoisotopic (exact) mass is 457 g/mol. The Morgan fingerprint density at radius 3 is 2.70 bits per heavy atom. The van der Waals surface area contributed by atoms with Crippen LogP contribution in [-0.2, 0) is 16.8 Å². The predicted molar refractivity (Wildman–Crippen MR) is 125 cm³/mol. The van der Waals surface area contributed by atoms with Gasteiger partial charge in [-0.3, -0.25) is 9.59 Å². The molecule has 0 spiro atoms. The predicted octanol–water partition coefficient (Wildman–Crippen LogP) is 3.14. The Bertz CT molecular complexity index is 952. The molecule has 0 aliphatic carbocycles. The number of carbonyl (C=O) groups excluding carboxylic acids is 1. The molecule has 33 heavy (non-hydrogen) atoms. The number of amides is 1. The lowest BCUT2D eigenvalue weighted by molar-refractivity contribution is -0.142. The molecule has 3 heterocycles. The van der Waals surface area contributed by atoms with Gasteiger partial charge in [-0.1, -0.05) is 34.6 Å². The molecule has 2 aromatic heterocycles. The number of aromatic nitrogens is 2. The van der Waals surface area contributed by atoms with Crippen molar-refractivity contribution in [2.24, 2.45) is 11.8 Å². The van der Waals surface area contributed by atoms with E-state index in [2.05, 4.69) is 15.6 Å². The molecular formula is C24H35N5O4. The maximum absolute atomic E-state index is 13.8. The van der Waals surface area contributed by atoms with Gasteiger partial charge in [-0.15, -0.1) is 0 Å². The number of carbonyl (C=O) groups is 2. The van der Waals surface area contributed by atoms with Gasteiger partial charge in [0.15, 0.2) is 0 Å². The average Bonchev–Trinajstić information content (AvgIpc) is 3.28. The van der Waals surface area contributed by atoms with Crippen LogP contribution in [0.25, 0.3) is 0 Å². The van der Waals surface area contributed by atoms with Crippen LogP contribution in [0.4, 0.5) is 5.82 Å². The van der Waals surface area contributed by atoms with E-state index in [4.69, 9.17) is 9.40 Å². The van der Waals surface area contributed by atoms with E-state index in [1.54, 1.807) is 17.4 Å². The highest BCUT2D eigenvalue weighted by atomic mass is 16.4. The summed E-state index contributed by atoms with van der Waals surface area (Å²) in [5.41, 5.74) is 0.0788. The summed E-state index contributed by atoms with van der Waals surface area (Å²) in [7, 11) is 0. The second-order valence-electron chi connectivity index (χ2n) is 10.1. The van der Waals surface area contributed by atoms with E-state index in [0.717, 1.165) is 5.76 Å². The topological polar surface area (TPSA) is 121 Å². The first-order valence-electron chi connectivity index (χ1n) is 11.4. The number of nitrogens with zero attached hydrogens (tertiary/aromatic N) is 3. The molecule has 1 aliphatic rings. The number of hydrogen-bond donors (Lipinski definition) is 3. The van der Waals surface area contributed by atoms with Crippen LogP contribution in [-0.4, -0.2) is 57.5 Å². The largest absolute Gasteiger partial charge is 0.481 e. The normalized spacial score (nSPS) is 18.8. The molecule has 0 unspecified atom stereocenters. The molecule has 1 amide bonds. The van der Waals surface area contributed by atoms with Gasteiger partial charge in [-0.05, 0) is 24.5 Å². The SMILES string of the molecule is CC(C)CN(C(=O)c1cnc(C(C)(C)C)nc1NCc1ccco1)[C@H]1CNC[C@@H](C(=O)O)C1. The van der Waals surface area contributed by atoms with Gasteiger partial charge in [0.05, 0.1) is 18.7 Å². The highest BCUT2D eigenvalue weighted by Crippen LogP contribution is 2.25. The summed E-state index contributed by atoms with van der Waals surface area (Å²) >= 11 is 0. The van der Waals surface area contributed by atoms with Gasteiger partial charge >= 0.3 is 5.97 Å². The first kappa shape index (κ1) is 24.7. The number of carboxylic acids is 1. The van der Waals surface area contributed by atoms with Crippen LogP contribution in [0.1, 0.15) is 63.0 Å². The number of carboxylic acid groups (broad SMARTS) is 1. The fraction of sp³-hybridized carbons (Fsp3) is 0.583. The minimum atomic E-state index is -0.845. The summed E-state index contributed by atoms with van der Waals surface area (Å²) in [4.78, 5) is 36.4. The van der Waals surface area contributed by atoms with Gasteiger partial charge in [0, 0.05) is 37.3 Å². The van der Waals surface area contributed by atoms with E-state index < -0.39 is 11.9 Å². The third-order valence-electron chi connectivity index (χ3n) is 5.64. The second kappa shape index (κ2) is 10.3. The Morgan fingerprint density at radius 2 is 2.09 bits per heavy atom. The van der Waals surface area contributed by atoms with Crippen LogP contribution in [0.3, 0.4) is 0 Å². The fourth-order valence-electron chi connectivity index (χ4n) is 3.91. The average molecular weight is 458 g/mol. The molecular weight excluding hydrogens is 422 g/mol. The van der Waals surface area contributed by atoms with Gasteiger partial charge < -0.3 is 25.1 Å². The van der Waals surface area contributed by atoms with Gasteiger partial charge in [-0.25, -0.2) is 9.97 Å². The molecule has 1 saturated heterocycles. The molecule has 3 N–H and O–H groups in total. The molecule has 180 valence electrons. The number of furan rings is 1. The van der Waals surface area contributed by atoms with Crippen molar-refractivity contribution in [3.8, 4) is 0 Å². The quantitative estimate of drug-likeness (QED) is 0.553. The molecule has 0 bridgehead atoms. The van der Waals surface area contributed by atoms with E-state index in [1.807, 2.05) is 46.8 Å². The van der Waals surface area contributed by atoms with Crippen LogP contribution < -0.4 is 10.6 Å². The summed E-state index contributed by atoms with van der Waals surface area (Å²) in [6.07, 6.45) is 3.60. The van der Waals surface area contributed by atoms with Crippen LogP contribution in [0.15, 0.2) is 29.0 Å². The zero-order valence-electron chi connectivity index (χ0n) is 20.1. The molecule has 2 atom stereocenters. The van der Waals surface area contributed by atoms with E-state index in [9.17, 15) is 14.7 Å². The summed E-state index contributed by atoms with van der Waals surface area (Å²) < 4.78 is 5.42. The Balaban J connectivity index is 1.94. The fourth-order valence-corrected chi connectivity index (χ4v) is 3.91. The summed E-state index contributed by atoms with van der Waals surface area (Å²) in [6, 6.07) is 3.43. The Kier molecular flexibility index (Phi) is 7.73. The lowest BCUT2D eigenvalue weighted by Crippen LogP contribution is -2.53. The molecule has 3 rings (SSSR count). The molecule has 0 aromatic carbocycles. The standard InChI is InChI=1S/C24H35N5O4/c1-15(2)14-29(17-9-16(22(31)32)10-25-11-17)21(30)19-13-27-23(24(3,4)5)28-20(19)26-12-18-7-6-8-33-18/h6-8,13,15-17,25H,9-12,14H2,1-5H3,(H,31,32)(H,26,27,28)/t16-,17+/m0/s1. The van der Waals surface area contributed by atoms with E-state index >= 15 is 0 Å². The second-order valence-corrected chi connectivity index (χ2v) is 10.1. The van der Waals surface area contributed by atoms with Crippen LogP contribution in [0.2, 0.25) is 0 Å².